The third-order valence-corrected chi connectivity index (χ3v) is 2.45. The zero-order valence-electron chi connectivity index (χ0n) is 9.07. The monoisotopic (exact) mass is 283 g/mol. The summed E-state index contributed by atoms with van der Waals surface area (Å²) in [6, 6.07) is 7.34. The number of rotatable bonds is 5. The second-order valence-electron chi connectivity index (χ2n) is 3.25. The molecule has 0 aliphatic carbocycles. The Hall–Kier alpha value is -1.29. The number of carbonyl (C=O) groups excluding carboxylic acids is 1. The molecule has 0 aliphatic heterocycles. The first kappa shape index (κ1) is 12.8. The van der Waals surface area contributed by atoms with Gasteiger partial charge in [-0.1, -0.05) is 22.0 Å². The SMILES string of the molecule is C=CCNC(=O)[C@H](C)Oc1ccc(Br)cc1. The predicted octanol–water partition coefficient (Wildman–Crippen LogP) is 2.52. The number of hydrogen-bond donors (Lipinski definition) is 1. The van der Waals surface area contributed by atoms with Crippen LogP contribution in [0.3, 0.4) is 0 Å². The zero-order chi connectivity index (χ0) is 12.0. The van der Waals surface area contributed by atoms with E-state index in [0.717, 1.165) is 4.47 Å². The topological polar surface area (TPSA) is 38.3 Å². The van der Waals surface area contributed by atoms with Crippen molar-refractivity contribution in [3.05, 3.63) is 41.4 Å². The van der Waals surface area contributed by atoms with Crippen molar-refractivity contribution in [1.29, 1.82) is 0 Å². The molecule has 1 aromatic carbocycles. The quantitative estimate of drug-likeness (QED) is 0.844. The minimum absolute atomic E-state index is 0.150. The van der Waals surface area contributed by atoms with Crippen LogP contribution in [0.1, 0.15) is 6.92 Å². The maximum atomic E-state index is 11.5. The summed E-state index contributed by atoms with van der Waals surface area (Å²) in [6.45, 7) is 5.68. The Bertz CT molecular complexity index is 362. The smallest absolute Gasteiger partial charge is 0.261 e. The standard InChI is InChI=1S/C12H14BrNO2/c1-3-8-14-12(15)9(2)16-11-6-4-10(13)5-7-11/h3-7,9H,1,8H2,2H3,(H,14,15)/t9-/m0/s1. The summed E-state index contributed by atoms with van der Waals surface area (Å²) in [6.07, 6.45) is 1.12. The second-order valence-corrected chi connectivity index (χ2v) is 4.16. The Kier molecular flexibility index (Phi) is 5.05. The molecular weight excluding hydrogens is 270 g/mol. The molecule has 4 heteroatoms. The third kappa shape index (κ3) is 4.06. The fraction of sp³-hybridized carbons (Fsp3) is 0.250. The van der Waals surface area contributed by atoms with Gasteiger partial charge in [0.25, 0.3) is 5.91 Å². The van der Waals surface area contributed by atoms with E-state index in [2.05, 4.69) is 27.8 Å². The van der Waals surface area contributed by atoms with Gasteiger partial charge in [-0.25, -0.2) is 0 Å². The first-order chi connectivity index (χ1) is 7.63. The van der Waals surface area contributed by atoms with Crippen molar-refractivity contribution in [3.8, 4) is 5.75 Å². The van der Waals surface area contributed by atoms with Gasteiger partial charge in [0.15, 0.2) is 6.10 Å². The number of benzene rings is 1. The van der Waals surface area contributed by atoms with Gasteiger partial charge in [-0.3, -0.25) is 4.79 Å². The summed E-state index contributed by atoms with van der Waals surface area (Å²) in [5, 5.41) is 2.67. The number of ether oxygens (including phenoxy) is 1. The average Bonchev–Trinajstić information content (AvgIpc) is 2.29. The third-order valence-electron chi connectivity index (χ3n) is 1.92. The van der Waals surface area contributed by atoms with Crippen LogP contribution in [0, 0.1) is 0 Å². The zero-order valence-corrected chi connectivity index (χ0v) is 10.7. The fourth-order valence-corrected chi connectivity index (χ4v) is 1.35. The van der Waals surface area contributed by atoms with Gasteiger partial charge in [0.05, 0.1) is 0 Å². The van der Waals surface area contributed by atoms with Crippen LogP contribution in [0.2, 0.25) is 0 Å². The molecule has 0 spiro atoms. The lowest BCUT2D eigenvalue weighted by Crippen LogP contribution is -2.36. The minimum atomic E-state index is -0.513. The van der Waals surface area contributed by atoms with Crippen molar-refractivity contribution in [1.82, 2.24) is 5.32 Å². The molecule has 1 rings (SSSR count). The Labute approximate surface area is 104 Å². The molecular formula is C12H14BrNO2. The molecule has 0 unspecified atom stereocenters. The summed E-state index contributed by atoms with van der Waals surface area (Å²) in [4.78, 5) is 11.5. The molecule has 0 bridgehead atoms. The van der Waals surface area contributed by atoms with E-state index in [0.29, 0.717) is 12.3 Å². The first-order valence-electron chi connectivity index (χ1n) is 4.94. The van der Waals surface area contributed by atoms with E-state index in [1.54, 1.807) is 25.1 Å². The largest absolute Gasteiger partial charge is 0.481 e. The highest BCUT2D eigenvalue weighted by molar-refractivity contribution is 9.10. The maximum Gasteiger partial charge on any atom is 0.261 e. The number of amides is 1. The maximum absolute atomic E-state index is 11.5. The van der Waals surface area contributed by atoms with E-state index in [4.69, 9.17) is 4.74 Å². The molecule has 0 saturated carbocycles. The molecule has 1 aromatic rings. The molecule has 0 aliphatic rings. The Morgan fingerprint density at radius 2 is 2.19 bits per heavy atom. The lowest BCUT2D eigenvalue weighted by molar-refractivity contribution is -0.127. The molecule has 1 atom stereocenters. The summed E-state index contributed by atoms with van der Waals surface area (Å²) in [5.74, 6) is 0.521. The van der Waals surface area contributed by atoms with Crippen molar-refractivity contribution >= 4 is 21.8 Å². The van der Waals surface area contributed by atoms with Crippen molar-refractivity contribution in [2.75, 3.05) is 6.54 Å². The number of halogens is 1. The van der Waals surface area contributed by atoms with Gasteiger partial charge >= 0.3 is 0 Å². The van der Waals surface area contributed by atoms with E-state index in [9.17, 15) is 4.79 Å². The van der Waals surface area contributed by atoms with Crippen molar-refractivity contribution in [3.63, 3.8) is 0 Å². The van der Waals surface area contributed by atoms with E-state index in [1.165, 1.54) is 0 Å². The molecule has 0 saturated heterocycles. The van der Waals surface area contributed by atoms with E-state index in [1.807, 2.05) is 12.1 Å². The van der Waals surface area contributed by atoms with Crippen LogP contribution < -0.4 is 10.1 Å². The van der Waals surface area contributed by atoms with Gasteiger partial charge in [0.2, 0.25) is 0 Å². The summed E-state index contributed by atoms with van der Waals surface area (Å²) in [5.41, 5.74) is 0. The van der Waals surface area contributed by atoms with E-state index >= 15 is 0 Å². The summed E-state index contributed by atoms with van der Waals surface area (Å²) in [7, 11) is 0. The molecule has 1 amide bonds. The van der Waals surface area contributed by atoms with Crippen LogP contribution in [-0.2, 0) is 4.79 Å². The Morgan fingerprint density at radius 1 is 1.56 bits per heavy atom. The van der Waals surface area contributed by atoms with Crippen LogP contribution in [-0.4, -0.2) is 18.6 Å². The fourth-order valence-electron chi connectivity index (χ4n) is 1.09. The second kappa shape index (κ2) is 6.33. The molecule has 3 nitrogen and oxygen atoms in total. The van der Waals surface area contributed by atoms with Crippen molar-refractivity contribution < 1.29 is 9.53 Å². The van der Waals surface area contributed by atoms with Crippen LogP contribution in [0.15, 0.2) is 41.4 Å². The number of carbonyl (C=O) groups is 1. The van der Waals surface area contributed by atoms with Gasteiger partial charge in [0.1, 0.15) is 5.75 Å². The highest BCUT2D eigenvalue weighted by Gasteiger charge is 2.13. The van der Waals surface area contributed by atoms with Gasteiger partial charge in [0, 0.05) is 11.0 Å². The molecule has 0 heterocycles. The summed E-state index contributed by atoms with van der Waals surface area (Å²) < 4.78 is 6.44. The van der Waals surface area contributed by atoms with Gasteiger partial charge in [-0.05, 0) is 31.2 Å². The average molecular weight is 284 g/mol. The molecule has 16 heavy (non-hydrogen) atoms. The van der Waals surface area contributed by atoms with Crippen molar-refractivity contribution in [2.24, 2.45) is 0 Å². The lowest BCUT2D eigenvalue weighted by atomic mass is 10.3. The Morgan fingerprint density at radius 3 is 2.75 bits per heavy atom. The number of nitrogens with one attached hydrogen (secondary N) is 1. The first-order valence-corrected chi connectivity index (χ1v) is 5.73. The van der Waals surface area contributed by atoms with Crippen LogP contribution in [0.25, 0.3) is 0 Å². The Balaban J connectivity index is 2.50. The molecule has 0 radical (unpaired) electrons. The van der Waals surface area contributed by atoms with Gasteiger partial charge in [-0.2, -0.15) is 0 Å². The predicted molar refractivity (Wildman–Crippen MR) is 67.4 cm³/mol. The highest BCUT2D eigenvalue weighted by Crippen LogP contribution is 2.17. The van der Waals surface area contributed by atoms with Gasteiger partial charge < -0.3 is 10.1 Å². The van der Waals surface area contributed by atoms with Crippen LogP contribution >= 0.6 is 15.9 Å². The lowest BCUT2D eigenvalue weighted by Gasteiger charge is -2.13. The van der Waals surface area contributed by atoms with Crippen LogP contribution in [0.5, 0.6) is 5.75 Å². The van der Waals surface area contributed by atoms with E-state index in [-0.39, 0.29) is 5.91 Å². The van der Waals surface area contributed by atoms with Crippen LogP contribution in [0.4, 0.5) is 0 Å². The van der Waals surface area contributed by atoms with E-state index < -0.39 is 6.10 Å². The normalized spacial score (nSPS) is 11.6. The molecule has 0 aromatic heterocycles. The minimum Gasteiger partial charge on any atom is -0.481 e. The van der Waals surface area contributed by atoms with Gasteiger partial charge in [-0.15, -0.1) is 6.58 Å². The molecule has 1 N–H and O–H groups in total. The highest BCUT2D eigenvalue weighted by atomic mass is 79.9. The molecule has 0 fully saturated rings. The van der Waals surface area contributed by atoms with Crippen molar-refractivity contribution in [2.45, 2.75) is 13.0 Å². The number of hydrogen-bond acceptors (Lipinski definition) is 2. The molecule has 86 valence electrons. The summed E-state index contributed by atoms with van der Waals surface area (Å²) >= 11 is 3.33.